The van der Waals surface area contributed by atoms with Crippen molar-refractivity contribution in [2.45, 2.75) is 20.4 Å². The molecule has 0 radical (unpaired) electrons. The highest BCUT2D eigenvalue weighted by molar-refractivity contribution is 9.10. The van der Waals surface area contributed by atoms with Gasteiger partial charge in [-0.05, 0) is 50.2 Å². The van der Waals surface area contributed by atoms with E-state index < -0.39 is 0 Å². The van der Waals surface area contributed by atoms with Crippen LogP contribution in [-0.2, 0) is 11.3 Å². The molecule has 0 unspecified atom stereocenters. The number of anilines is 1. The predicted octanol–water partition coefficient (Wildman–Crippen LogP) is 4.28. The molecule has 122 valence electrons. The zero-order valence-corrected chi connectivity index (χ0v) is 15.1. The molecule has 2 aromatic rings. The molecule has 2 aromatic carbocycles. The summed E-state index contributed by atoms with van der Waals surface area (Å²) in [4.78, 5) is 13.9. The van der Waals surface area contributed by atoms with Crippen LogP contribution in [-0.4, -0.2) is 24.4 Å². The maximum absolute atomic E-state index is 13.8. The standard InChI is InChI=1S/C18H20BrFN2O/c1-12-5-4-6-17(13(12)2)21-18(23)11-22(3)10-14-7-8-15(19)9-16(14)20/h4-9H,10-11H2,1-3H3,(H,21,23). The summed E-state index contributed by atoms with van der Waals surface area (Å²) in [6.45, 7) is 4.56. The number of halogens is 2. The van der Waals surface area contributed by atoms with Crippen molar-refractivity contribution in [3.63, 3.8) is 0 Å². The number of carbonyl (C=O) groups excluding carboxylic acids is 1. The molecule has 1 amide bonds. The van der Waals surface area contributed by atoms with E-state index in [1.165, 1.54) is 6.07 Å². The molecule has 0 atom stereocenters. The first-order valence-corrected chi connectivity index (χ1v) is 8.14. The van der Waals surface area contributed by atoms with Crippen LogP contribution in [0.25, 0.3) is 0 Å². The molecule has 0 spiro atoms. The predicted molar refractivity (Wildman–Crippen MR) is 95.0 cm³/mol. The van der Waals surface area contributed by atoms with Crippen LogP contribution in [0.15, 0.2) is 40.9 Å². The number of nitrogens with zero attached hydrogens (tertiary/aromatic N) is 1. The van der Waals surface area contributed by atoms with E-state index in [1.54, 1.807) is 24.1 Å². The zero-order chi connectivity index (χ0) is 17.0. The third-order valence-electron chi connectivity index (χ3n) is 3.75. The maximum Gasteiger partial charge on any atom is 0.238 e. The summed E-state index contributed by atoms with van der Waals surface area (Å²) in [6, 6.07) is 10.8. The van der Waals surface area contributed by atoms with Gasteiger partial charge in [0.1, 0.15) is 5.82 Å². The molecular formula is C18H20BrFN2O. The second-order valence-electron chi connectivity index (χ2n) is 5.70. The van der Waals surface area contributed by atoms with Crippen LogP contribution in [0.4, 0.5) is 10.1 Å². The monoisotopic (exact) mass is 378 g/mol. The van der Waals surface area contributed by atoms with Crippen molar-refractivity contribution < 1.29 is 9.18 Å². The van der Waals surface area contributed by atoms with E-state index in [-0.39, 0.29) is 18.3 Å². The lowest BCUT2D eigenvalue weighted by molar-refractivity contribution is -0.117. The Balaban J connectivity index is 1.95. The zero-order valence-electron chi connectivity index (χ0n) is 13.5. The van der Waals surface area contributed by atoms with Gasteiger partial charge in [0.25, 0.3) is 0 Å². The largest absolute Gasteiger partial charge is 0.325 e. The first kappa shape index (κ1) is 17.6. The minimum atomic E-state index is -0.277. The topological polar surface area (TPSA) is 32.3 Å². The molecule has 0 bridgehead atoms. The molecular weight excluding hydrogens is 359 g/mol. The van der Waals surface area contributed by atoms with Gasteiger partial charge in [-0.3, -0.25) is 9.69 Å². The number of hydrogen-bond acceptors (Lipinski definition) is 2. The van der Waals surface area contributed by atoms with Gasteiger partial charge < -0.3 is 5.32 Å². The van der Waals surface area contributed by atoms with Crippen molar-refractivity contribution in [1.82, 2.24) is 4.90 Å². The number of hydrogen-bond donors (Lipinski definition) is 1. The fourth-order valence-corrected chi connectivity index (χ4v) is 2.65. The quantitative estimate of drug-likeness (QED) is 0.841. The van der Waals surface area contributed by atoms with E-state index >= 15 is 0 Å². The number of benzene rings is 2. The number of rotatable bonds is 5. The Morgan fingerprint density at radius 1 is 1.26 bits per heavy atom. The van der Waals surface area contributed by atoms with Crippen LogP contribution in [0.3, 0.4) is 0 Å². The average molecular weight is 379 g/mol. The van der Waals surface area contributed by atoms with Crippen LogP contribution in [0, 0.1) is 19.7 Å². The van der Waals surface area contributed by atoms with Crippen molar-refractivity contribution in [3.8, 4) is 0 Å². The first-order valence-electron chi connectivity index (χ1n) is 7.35. The molecule has 2 rings (SSSR count). The van der Waals surface area contributed by atoms with Gasteiger partial charge in [0.05, 0.1) is 6.54 Å². The van der Waals surface area contributed by atoms with Crippen molar-refractivity contribution >= 4 is 27.5 Å². The first-order chi connectivity index (χ1) is 10.9. The molecule has 5 heteroatoms. The summed E-state index contributed by atoms with van der Waals surface area (Å²) in [5.74, 6) is -0.389. The minimum absolute atomic E-state index is 0.112. The Hall–Kier alpha value is -1.72. The van der Waals surface area contributed by atoms with Crippen LogP contribution in [0.1, 0.15) is 16.7 Å². The average Bonchev–Trinajstić information content (AvgIpc) is 2.47. The van der Waals surface area contributed by atoms with Crippen molar-refractivity contribution in [1.29, 1.82) is 0 Å². The molecule has 0 heterocycles. The number of nitrogens with one attached hydrogen (secondary N) is 1. The number of amides is 1. The van der Waals surface area contributed by atoms with Gasteiger partial charge in [-0.15, -0.1) is 0 Å². The molecule has 0 saturated carbocycles. The Morgan fingerprint density at radius 2 is 2.00 bits per heavy atom. The fraction of sp³-hybridized carbons (Fsp3) is 0.278. The highest BCUT2D eigenvalue weighted by Crippen LogP contribution is 2.18. The number of carbonyl (C=O) groups is 1. The Labute approximate surface area is 144 Å². The van der Waals surface area contributed by atoms with E-state index in [2.05, 4.69) is 21.2 Å². The highest BCUT2D eigenvalue weighted by Gasteiger charge is 2.11. The Morgan fingerprint density at radius 3 is 2.70 bits per heavy atom. The molecule has 0 aliphatic heterocycles. The van der Waals surface area contributed by atoms with E-state index in [0.29, 0.717) is 16.6 Å². The van der Waals surface area contributed by atoms with Crippen molar-refractivity contribution in [2.75, 3.05) is 18.9 Å². The lowest BCUT2D eigenvalue weighted by Crippen LogP contribution is -2.30. The van der Waals surface area contributed by atoms with E-state index in [1.807, 2.05) is 32.0 Å². The van der Waals surface area contributed by atoms with Crippen LogP contribution in [0.5, 0.6) is 0 Å². The van der Waals surface area contributed by atoms with Crippen LogP contribution >= 0.6 is 15.9 Å². The molecule has 0 saturated heterocycles. The third kappa shape index (κ3) is 4.88. The van der Waals surface area contributed by atoms with Gasteiger partial charge in [-0.1, -0.05) is 34.1 Å². The minimum Gasteiger partial charge on any atom is -0.325 e. The molecule has 0 aromatic heterocycles. The molecule has 0 fully saturated rings. The summed E-state index contributed by atoms with van der Waals surface area (Å²) in [6.07, 6.45) is 0. The van der Waals surface area contributed by atoms with E-state index in [9.17, 15) is 9.18 Å². The summed E-state index contributed by atoms with van der Waals surface area (Å²) >= 11 is 3.23. The van der Waals surface area contributed by atoms with Crippen molar-refractivity contribution in [3.05, 3.63) is 63.4 Å². The number of aryl methyl sites for hydroxylation is 1. The summed E-state index contributed by atoms with van der Waals surface area (Å²) in [7, 11) is 1.80. The molecule has 23 heavy (non-hydrogen) atoms. The Bertz CT molecular complexity index is 718. The maximum atomic E-state index is 13.8. The number of likely N-dealkylation sites (N-methyl/N-ethyl adjacent to an activating group) is 1. The summed E-state index contributed by atoms with van der Waals surface area (Å²) in [5, 5.41) is 2.91. The Kier molecular flexibility index (Phi) is 5.91. The lowest BCUT2D eigenvalue weighted by atomic mass is 10.1. The second-order valence-corrected chi connectivity index (χ2v) is 6.62. The van der Waals surface area contributed by atoms with E-state index in [0.717, 1.165) is 16.8 Å². The smallest absolute Gasteiger partial charge is 0.238 e. The van der Waals surface area contributed by atoms with Crippen LogP contribution < -0.4 is 5.32 Å². The molecule has 0 aliphatic rings. The van der Waals surface area contributed by atoms with Crippen molar-refractivity contribution in [2.24, 2.45) is 0 Å². The van der Waals surface area contributed by atoms with Gasteiger partial charge >= 0.3 is 0 Å². The summed E-state index contributed by atoms with van der Waals surface area (Å²) < 4.78 is 14.5. The highest BCUT2D eigenvalue weighted by atomic mass is 79.9. The van der Waals surface area contributed by atoms with Gasteiger partial charge in [0, 0.05) is 22.3 Å². The normalized spacial score (nSPS) is 10.9. The van der Waals surface area contributed by atoms with Crippen LogP contribution in [0.2, 0.25) is 0 Å². The van der Waals surface area contributed by atoms with Gasteiger partial charge in [-0.25, -0.2) is 4.39 Å². The van der Waals surface area contributed by atoms with Gasteiger partial charge in [0.2, 0.25) is 5.91 Å². The molecule has 0 aliphatic carbocycles. The lowest BCUT2D eigenvalue weighted by Gasteiger charge is -2.18. The second kappa shape index (κ2) is 7.70. The SMILES string of the molecule is Cc1cccc(NC(=O)CN(C)Cc2ccc(Br)cc2F)c1C. The molecule has 1 N–H and O–H groups in total. The third-order valence-corrected chi connectivity index (χ3v) is 4.24. The van der Waals surface area contributed by atoms with Gasteiger partial charge in [0.15, 0.2) is 0 Å². The summed E-state index contributed by atoms with van der Waals surface area (Å²) in [5.41, 5.74) is 3.57. The van der Waals surface area contributed by atoms with Gasteiger partial charge in [-0.2, -0.15) is 0 Å². The van der Waals surface area contributed by atoms with E-state index in [4.69, 9.17) is 0 Å². The fourth-order valence-electron chi connectivity index (χ4n) is 2.32. The molecule has 3 nitrogen and oxygen atoms in total.